The summed E-state index contributed by atoms with van der Waals surface area (Å²) >= 11 is 0. The molecule has 4 nitrogen and oxygen atoms in total. The fourth-order valence-corrected chi connectivity index (χ4v) is 1.89. The van der Waals surface area contributed by atoms with Gasteiger partial charge in [0, 0.05) is 17.4 Å². The van der Waals surface area contributed by atoms with Gasteiger partial charge < -0.3 is 15.4 Å². The van der Waals surface area contributed by atoms with Crippen LogP contribution in [0.2, 0.25) is 0 Å². The van der Waals surface area contributed by atoms with Crippen LogP contribution in [0.4, 0.5) is 5.82 Å². The van der Waals surface area contributed by atoms with Crippen molar-refractivity contribution in [2.75, 3.05) is 11.9 Å². The first-order valence-corrected chi connectivity index (χ1v) is 5.82. The van der Waals surface area contributed by atoms with Crippen LogP contribution in [0.3, 0.4) is 0 Å². The molecule has 0 unspecified atom stereocenters. The van der Waals surface area contributed by atoms with Crippen molar-refractivity contribution in [2.24, 2.45) is 0 Å². The molecule has 0 aliphatic heterocycles. The number of nitrogens with one attached hydrogen (secondary N) is 2. The van der Waals surface area contributed by atoms with Crippen LogP contribution in [0, 0.1) is 0 Å². The minimum absolute atomic E-state index is 0.330. The fourth-order valence-electron chi connectivity index (χ4n) is 1.89. The van der Waals surface area contributed by atoms with E-state index in [1.54, 1.807) is 0 Å². The van der Waals surface area contributed by atoms with E-state index < -0.39 is 5.97 Å². The van der Waals surface area contributed by atoms with Crippen molar-refractivity contribution >= 4 is 22.7 Å². The van der Waals surface area contributed by atoms with Gasteiger partial charge in [-0.15, -0.1) is 0 Å². The molecule has 0 fully saturated rings. The van der Waals surface area contributed by atoms with Gasteiger partial charge in [-0.2, -0.15) is 0 Å². The SMILES string of the molecule is CCCCNc1[nH]c2ccccc2c1C(=O)O. The lowest BCUT2D eigenvalue weighted by Crippen LogP contribution is -2.06. The number of benzene rings is 1. The molecule has 1 heterocycles. The van der Waals surface area contributed by atoms with E-state index in [-0.39, 0.29) is 0 Å². The second kappa shape index (κ2) is 4.91. The summed E-state index contributed by atoms with van der Waals surface area (Å²) in [6, 6.07) is 7.44. The first kappa shape index (κ1) is 11.5. The van der Waals surface area contributed by atoms with Crippen LogP contribution in [0.1, 0.15) is 30.1 Å². The number of aromatic nitrogens is 1. The number of carboxylic acids is 1. The number of unbranched alkanes of at least 4 members (excludes halogenated alkanes) is 1. The Kier molecular flexibility index (Phi) is 3.32. The third-order valence-electron chi connectivity index (χ3n) is 2.75. The monoisotopic (exact) mass is 232 g/mol. The number of H-pyrrole nitrogens is 1. The molecule has 0 aliphatic carbocycles. The number of aromatic amines is 1. The lowest BCUT2D eigenvalue weighted by Gasteiger charge is -2.03. The van der Waals surface area contributed by atoms with E-state index in [0.717, 1.165) is 30.3 Å². The van der Waals surface area contributed by atoms with Gasteiger partial charge >= 0.3 is 5.97 Å². The van der Waals surface area contributed by atoms with Gasteiger partial charge in [-0.1, -0.05) is 31.5 Å². The summed E-state index contributed by atoms with van der Waals surface area (Å²) in [6.07, 6.45) is 2.10. The number of carboxylic acid groups (broad SMARTS) is 1. The van der Waals surface area contributed by atoms with Crippen molar-refractivity contribution in [1.29, 1.82) is 0 Å². The van der Waals surface area contributed by atoms with E-state index in [1.165, 1.54) is 0 Å². The number of hydrogen-bond acceptors (Lipinski definition) is 2. The maximum atomic E-state index is 11.3. The summed E-state index contributed by atoms with van der Waals surface area (Å²) in [5.41, 5.74) is 1.18. The Morgan fingerprint density at radius 2 is 2.18 bits per heavy atom. The van der Waals surface area contributed by atoms with Crippen LogP contribution < -0.4 is 5.32 Å². The van der Waals surface area contributed by atoms with Crippen LogP contribution in [-0.2, 0) is 0 Å². The van der Waals surface area contributed by atoms with Crippen molar-refractivity contribution in [3.8, 4) is 0 Å². The molecule has 1 aromatic carbocycles. The molecule has 0 saturated carbocycles. The van der Waals surface area contributed by atoms with Crippen molar-refractivity contribution in [3.05, 3.63) is 29.8 Å². The maximum Gasteiger partial charge on any atom is 0.340 e. The molecule has 17 heavy (non-hydrogen) atoms. The number of para-hydroxylation sites is 1. The summed E-state index contributed by atoms with van der Waals surface area (Å²) < 4.78 is 0. The summed E-state index contributed by atoms with van der Waals surface area (Å²) in [5, 5.41) is 13.1. The molecule has 0 bridgehead atoms. The number of fused-ring (bicyclic) bond motifs is 1. The van der Waals surface area contributed by atoms with Crippen molar-refractivity contribution in [3.63, 3.8) is 0 Å². The van der Waals surface area contributed by atoms with Gasteiger partial charge in [0.2, 0.25) is 0 Å². The van der Waals surface area contributed by atoms with Crippen LogP contribution in [-0.4, -0.2) is 22.6 Å². The Balaban J connectivity index is 2.39. The molecule has 0 radical (unpaired) electrons. The molecule has 0 atom stereocenters. The summed E-state index contributed by atoms with van der Waals surface area (Å²) in [4.78, 5) is 14.4. The smallest absolute Gasteiger partial charge is 0.340 e. The van der Waals surface area contributed by atoms with Crippen molar-refractivity contribution in [2.45, 2.75) is 19.8 Å². The highest BCUT2D eigenvalue weighted by Gasteiger charge is 2.16. The predicted octanol–water partition coefficient (Wildman–Crippen LogP) is 3.08. The second-order valence-corrected chi connectivity index (χ2v) is 4.01. The number of anilines is 1. The molecular formula is C13H16N2O2. The maximum absolute atomic E-state index is 11.3. The average molecular weight is 232 g/mol. The molecule has 2 rings (SSSR count). The lowest BCUT2D eigenvalue weighted by atomic mass is 10.1. The van der Waals surface area contributed by atoms with Crippen LogP contribution in [0.5, 0.6) is 0 Å². The standard InChI is InChI=1S/C13H16N2O2/c1-2-3-8-14-12-11(13(16)17)9-6-4-5-7-10(9)15-12/h4-7,14-15H,2-3,8H2,1H3,(H,16,17). The summed E-state index contributed by atoms with van der Waals surface area (Å²) in [7, 11) is 0. The minimum Gasteiger partial charge on any atom is -0.478 e. The average Bonchev–Trinajstić information content (AvgIpc) is 2.67. The molecule has 0 amide bonds. The largest absolute Gasteiger partial charge is 0.478 e. The molecule has 3 N–H and O–H groups in total. The van der Waals surface area contributed by atoms with Gasteiger partial charge in [-0.3, -0.25) is 0 Å². The van der Waals surface area contributed by atoms with Crippen LogP contribution in [0.15, 0.2) is 24.3 Å². The molecule has 0 saturated heterocycles. The highest BCUT2D eigenvalue weighted by molar-refractivity contribution is 6.08. The van der Waals surface area contributed by atoms with Gasteiger partial charge in [-0.05, 0) is 12.5 Å². The predicted molar refractivity (Wildman–Crippen MR) is 68.7 cm³/mol. The van der Waals surface area contributed by atoms with Crippen molar-refractivity contribution < 1.29 is 9.90 Å². The van der Waals surface area contributed by atoms with Crippen LogP contribution in [0.25, 0.3) is 10.9 Å². The molecule has 0 aliphatic rings. The number of carbonyl (C=O) groups is 1. The zero-order chi connectivity index (χ0) is 12.3. The second-order valence-electron chi connectivity index (χ2n) is 4.01. The number of aromatic carboxylic acids is 1. The van der Waals surface area contributed by atoms with Gasteiger partial charge in [0.25, 0.3) is 0 Å². The van der Waals surface area contributed by atoms with E-state index >= 15 is 0 Å². The highest BCUT2D eigenvalue weighted by Crippen LogP contribution is 2.26. The zero-order valence-electron chi connectivity index (χ0n) is 9.79. The molecule has 1 aromatic heterocycles. The third-order valence-corrected chi connectivity index (χ3v) is 2.75. The third kappa shape index (κ3) is 2.25. The highest BCUT2D eigenvalue weighted by atomic mass is 16.4. The minimum atomic E-state index is -0.901. The van der Waals surface area contributed by atoms with E-state index in [0.29, 0.717) is 11.4 Å². The summed E-state index contributed by atoms with van der Waals surface area (Å²) in [5.74, 6) is -0.298. The summed E-state index contributed by atoms with van der Waals surface area (Å²) in [6.45, 7) is 2.88. The molecule has 2 aromatic rings. The first-order valence-electron chi connectivity index (χ1n) is 5.82. The van der Waals surface area contributed by atoms with Crippen LogP contribution >= 0.6 is 0 Å². The van der Waals surface area contributed by atoms with E-state index in [4.69, 9.17) is 0 Å². The van der Waals surface area contributed by atoms with E-state index in [2.05, 4.69) is 17.2 Å². The van der Waals surface area contributed by atoms with Gasteiger partial charge in [0.1, 0.15) is 11.4 Å². The van der Waals surface area contributed by atoms with Crippen molar-refractivity contribution in [1.82, 2.24) is 4.98 Å². The van der Waals surface area contributed by atoms with Gasteiger partial charge in [0.15, 0.2) is 0 Å². The fraction of sp³-hybridized carbons (Fsp3) is 0.308. The number of hydrogen-bond donors (Lipinski definition) is 3. The Morgan fingerprint density at radius 1 is 1.41 bits per heavy atom. The van der Waals surface area contributed by atoms with Gasteiger partial charge in [-0.25, -0.2) is 4.79 Å². The Labute approximate surface area is 99.7 Å². The van der Waals surface area contributed by atoms with E-state index in [1.807, 2.05) is 24.3 Å². The Morgan fingerprint density at radius 3 is 2.88 bits per heavy atom. The zero-order valence-corrected chi connectivity index (χ0v) is 9.79. The molecule has 4 heteroatoms. The topological polar surface area (TPSA) is 65.1 Å². The molecule has 0 spiro atoms. The number of rotatable bonds is 5. The Bertz CT molecular complexity index is 531. The van der Waals surface area contributed by atoms with Gasteiger partial charge in [0.05, 0.1) is 0 Å². The quantitative estimate of drug-likeness (QED) is 0.694. The first-order chi connectivity index (χ1) is 8.24. The lowest BCUT2D eigenvalue weighted by molar-refractivity contribution is 0.0700. The molecule has 90 valence electrons. The Hall–Kier alpha value is -1.97. The molecular weight excluding hydrogens is 216 g/mol. The van der Waals surface area contributed by atoms with E-state index in [9.17, 15) is 9.90 Å². The normalized spacial score (nSPS) is 10.6.